The molecule has 2 saturated heterocycles. The van der Waals surface area contributed by atoms with Crippen molar-refractivity contribution in [1.82, 2.24) is 9.80 Å². The van der Waals surface area contributed by atoms with E-state index in [9.17, 15) is 24.3 Å². The van der Waals surface area contributed by atoms with Crippen LogP contribution in [0.4, 0.5) is 0 Å². The van der Waals surface area contributed by atoms with Gasteiger partial charge in [-0.1, -0.05) is 29.8 Å². The van der Waals surface area contributed by atoms with Crippen LogP contribution in [0.15, 0.2) is 35.9 Å². The van der Waals surface area contributed by atoms with Gasteiger partial charge in [-0.05, 0) is 24.8 Å². The van der Waals surface area contributed by atoms with Crippen molar-refractivity contribution in [2.75, 3.05) is 14.1 Å². The van der Waals surface area contributed by atoms with Gasteiger partial charge in [0.1, 0.15) is 5.75 Å². The Bertz CT molecular complexity index is 1100. The molecule has 2 aliphatic carbocycles. The van der Waals surface area contributed by atoms with E-state index in [1.54, 1.807) is 18.2 Å². The fourth-order valence-electron chi connectivity index (χ4n) is 5.98. The number of allylic oxidation sites excluding steroid dienone is 2. The van der Waals surface area contributed by atoms with Crippen LogP contribution in [-0.4, -0.2) is 62.4 Å². The molecule has 0 radical (unpaired) electrons. The first-order valence-electron chi connectivity index (χ1n) is 10.0. The minimum Gasteiger partial charge on any atom is -0.508 e. The molecular weight excluding hydrogens is 443 g/mol. The number of fused-ring (bicyclic) bond motifs is 4. The van der Waals surface area contributed by atoms with Gasteiger partial charge < -0.3 is 5.11 Å². The molecule has 2 heterocycles. The Balaban J connectivity index is 1.77. The smallest absolute Gasteiger partial charge is 0.253 e. The van der Waals surface area contributed by atoms with Crippen LogP contribution in [0.2, 0.25) is 0 Å². The number of para-hydroxylation sites is 1. The van der Waals surface area contributed by atoms with E-state index in [0.717, 1.165) is 9.80 Å². The number of likely N-dealkylation sites (tertiary alicyclic amines) is 2. The number of nitrogens with zero attached hydrogens (tertiary/aromatic N) is 2. The Morgan fingerprint density at radius 3 is 2.32 bits per heavy atom. The highest BCUT2D eigenvalue weighted by atomic mass is 35.5. The van der Waals surface area contributed by atoms with Gasteiger partial charge in [-0.25, -0.2) is 0 Å². The number of carbonyl (C=O) groups excluding carboxylic acids is 4. The van der Waals surface area contributed by atoms with Crippen LogP contribution in [0, 0.1) is 17.8 Å². The largest absolute Gasteiger partial charge is 0.508 e. The van der Waals surface area contributed by atoms with Crippen molar-refractivity contribution in [2.24, 2.45) is 17.8 Å². The summed E-state index contributed by atoms with van der Waals surface area (Å²) in [5, 5.41) is 10.6. The maximum atomic E-state index is 13.3. The molecule has 6 unspecified atom stereocenters. The number of benzene rings is 1. The van der Waals surface area contributed by atoms with Crippen molar-refractivity contribution in [3.63, 3.8) is 0 Å². The lowest BCUT2D eigenvalue weighted by atomic mass is 9.56. The molecule has 1 N–H and O–H groups in total. The van der Waals surface area contributed by atoms with Crippen molar-refractivity contribution in [1.29, 1.82) is 0 Å². The quantitative estimate of drug-likeness (QED) is 0.391. The molecule has 9 heteroatoms. The maximum absolute atomic E-state index is 13.3. The van der Waals surface area contributed by atoms with Gasteiger partial charge >= 0.3 is 0 Å². The van der Waals surface area contributed by atoms with Crippen LogP contribution >= 0.6 is 23.2 Å². The van der Waals surface area contributed by atoms with Crippen molar-refractivity contribution in [2.45, 2.75) is 28.5 Å². The van der Waals surface area contributed by atoms with Crippen molar-refractivity contribution >= 4 is 46.8 Å². The van der Waals surface area contributed by atoms with Crippen LogP contribution in [0.5, 0.6) is 5.75 Å². The molecule has 7 nitrogen and oxygen atoms in total. The van der Waals surface area contributed by atoms with E-state index in [4.69, 9.17) is 23.2 Å². The number of aromatic hydroxyl groups is 1. The Morgan fingerprint density at radius 1 is 0.968 bits per heavy atom. The summed E-state index contributed by atoms with van der Waals surface area (Å²) < 4.78 is 0. The van der Waals surface area contributed by atoms with E-state index < -0.39 is 45.2 Å². The summed E-state index contributed by atoms with van der Waals surface area (Å²) in [5.41, 5.74) is 1.03. The molecule has 5 rings (SSSR count). The SMILES string of the molecule is CN1C(=O)C2CC=C3C(CC4(Cl)C(=O)N(C)C(=O)C4(Cl)C3c3ccccc3O)C2C1=O. The predicted molar refractivity (Wildman–Crippen MR) is 111 cm³/mol. The van der Waals surface area contributed by atoms with Crippen LogP contribution in [-0.2, 0) is 19.2 Å². The molecular formula is C22H20Cl2N2O5. The average Bonchev–Trinajstić information content (AvgIpc) is 3.04. The van der Waals surface area contributed by atoms with Crippen molar-refractivity contribution in [3.8, 4) is 5.75 Å². The third-order valence-corrected chi connectivity index (χ3v) is 8.90. The number of phenols is 1. The third-order valence-electron chi connectivity index (χ3n) is 7.48. The zero-order valence-electron chi connectivity index (χ0n) is 16.8. The second-order valence-electron chi connectivity index (χ2n) is 8.79. The molecule has 4 aliphatic rings. The lowest BCUT2D eigenvalue weighted by Gasteiger charge is -2.50. The third kappa shape index (κ3) is 2.26. The number of carbonyl (C=O) groups is 4. The topological polar surface area (TPSA) is 95.0 Å². The lowest BCUT2D eigenvalue weighted by molar-refractivity contribution is -0.140. The van der Waals surface area contributed by atoms with E-state index >= 15 is 0 Å². The predicted octanol–water partition coefficient (Wildman–Crippen LogP) is 2.01. The van der Waals surface area contributed by atoms with Crippen molar-refractivity contribution < 1.29 is 24.3 Å². The summed E-state index contributed by atoms with van der Waals surface area (Å²) in [5.74, 6) is -4.66. The molecule has 2 aliphatic heterocycles. The van der Waals surface area contributed by atoms with Gasteiger partial charge in [-0.15, -0.1) is 23.2 Å². The van der Waals surface area contributed by atoms with Gasteiger partial charge in [0.2, 0.25) is 11.8 Å². The molecule has 6 atom stereocenters. The van der Waals surface area contributed by atoms with Gasteiger partial charge in [0.25, 0.3) is 11.8 Å². The monoisotopic (exact) mass is 462 g/mol. The van der Waals surface area contributed by atoms with Crippen molar-refractivity contribution in [3.05, 3.63) is 41.5 Å². The van der Waals surface area contributed by atoms with Crippen LogP contribution in [0.3, 0.4) is 0 Å². The van der Waals surface area contributed by atoms with Gasteiger partial charge in [0.15, 0.2) is 9.75 Å². The zero-order valence-corrected chi connectivity index (χ0v) is 18.4. The fraction of sp³-hybridized carbons (Fsp3) is 0.455. The summed E-state index contributed by atoms with van der Waals surface area (Å²) in [7, 11) is 2.78. The number of amides is 4. The van der Waals surface area contributed by atoms with Gasteiger partial charge in [-0.2, -0.15) is 0 Å². The first-order valence-corrected chi connectivity index (χ1v) is 10.8. The highest BCUT2D eigenvalue weighted by Gasteiger charge is 2.76. The number of imide groups is 2. The first kappa shape index (κ1) is 20.5. The van der Waals surface area contributed by atoms with Crippen LogP contribution in [0.25, 0.3) is 0 Å². The molecule has 0 bridgehead atoms. The molecule has 31 heavy (non-hydrogen) atoms. The Labute approximate surface area is 188 Å². The number of hydrogen-bond acceptors (Lipinski definition) is 5. The standard InChI is InChI=1S/C22H20Cl2N2O5/c1-25-17(28)12-8-7-10-13(15(12)18(25)29)9-21(23)19(30)26(2)20(31)22(21,24)16(10)11-5-3-4-6-14(11)27/h3-7,12-13,15-16,27H,8-9H2,1-2H3. The summed E-state index contributed by atoms with van der Waals surface area (Å²) in [6, 6.07) is 6.45. The molecule has 0 aromatic heterocycles. The molecule has 4 amide bonds. The summed E-state index contributed by atoms with van der Waals surface area (Å²) >= 11 is 13.9. The van der Waals surface area contributed by atoms with E-state index in [0.29, 0.717) is 17.6 Å². The Hall–Kier alpha value is -2.38. The number of phenolic OH excluding ortho intramolecular Hbond substituents is 1. The number of rotatable bonds is 1. The van der Waals surface area contributed by atoms with Crippen LogP contribution < -0.4 is 0 Å². The number of halogens is 2. The first-order chi connectivity index (χ1) is 14.6. The number of alkyl halides is 2. The highest BCUT2D eigenvalue weighted by Crippen LogP contribution is 2.65. The average molecular weight is 463 g/mol. The maximum Gasteiger partial charge on any atom is 0.253 e. The molecule has 1 saturated carbocycles. The summed E-state index contributed by atoms with van der Waals surface area (Å²) in [6.07, 6.45) is 2.11. The zero-order chi connectivity index (χ0) is 22.5. The van der Waals surface area contributed by atoms with Crippen LogP contribution in [0.1, 0.15) is 24.3 Å². The lowest BCUT2D eigenvalue weighted by Crippen LogP contribution is -2.60. The van der Waals surface area contributed by atoms with E-state index in [1.165, 1.54) is 20.2 Å². The fourth-order valence-corrected chi connectivity index (χ4v) is 6.99. The molecule has 0 spiro atoms. The Kier molecular flexibility index (Phi) is 4.19. The minimum absolute atomic E-state index is 0.0447. The van der Waals surface area contributed by atoms with Gasteiger partial charge in [0, 0.05) is 25.6 Å². The number of hydrogen-bond donors (Lipinski definition) is 1. The second-order valence-corrected chi connectivity index (χ2v) is 10.0. The van der Waals surface area contributed by atoms with Gasteiger partial charge in [0.05, 0.1) is 11.8 Å². The molecule has 162 valence electrons. The van der Waals surface area contributed by atoms with E-state index in [1.807, 2.05) is 6.08 Å². The summed E-state index contributed by atoms with van der Waals surface area (Å²) in [4.78, 5) is 50.4. The normalized spacial score (nSPS) is 39.4. The summed E-state index contributed by atoms with van der Waals surface area (Å²) in [6.45, 7) is 0. The van der Waals surface area contributed by atoms with E-state index in [-0.39, 0.29) is 24.0 Å². The minimum atomic E-state index is -1.87. The molecule has 3 fully saturated rings. The highest BCUT2D eigenvalue weighted by molar-refractivity contribution is 6.53. The van der Waals surface area contributed by atoms with Gasteiger partial charge in [-0.3, -0.25) is 29.0 Å². The molecule has 1 aromatic carbocycles. The Morgan fingerprint density at radius 2 is 1.65 bits per heavy atom. The molecule has 1 aromatic rings. The second kappa shape index (κ2) is 6.33. The van der Waals surface area contributed by atoms with E-state index in [2.05, 4.69) is 0 Å².